The van der Waals surface area contributed by atoms with E-state index >= 15 is 0 Å². The molecular formula is C12H12ClLiO. The first-order chi connectivity index (χ1) is 6.77. The first kappa shape index (κ1) is 12.7. The standard InChI is InChI=1S/C12H13ClO.Li/c13-10-7-5-9(6-8-10)11-3-1-2-4-12(11)14;/h5-8,14H,1-4H2;/q;+1/p-1. The first-order valence-corrected chi connectivity index (χ1v) is 5.30. The molecule has 1 aromatic carbocycles. The van der Waals surface area contributed by atoms with Crippen LogP contribution in [0.4, 0.5) is 0 Å². The maximum Gasteiger partial charge on any atom is 1.00 e. The van der Waals surface area contributed by atoms with Crippen molar-refractivity contribution in [2.24, 2.45) is 0 Å². The summed E-state index contributed by atoms with van der Waals surface area (Å²) in [6, 6.07) is 7.54. The molecule has 0 bridgehead atoms. The Morgan fingerprint density at radius 3 is 2.20 bits per heavy atom. The Labute approximate surface area is 107 Å². The van der Waals surface area contributed by atoms with Crippen LogP contribution in [0.1, 0.15) is 31.2 Å². The molecule has 0 fully saturated rings. The molecule has 0 saturated heterocycles. The minimum atomic E-state index is 0. The molecule has 0 heterocycles. The molecule has 0 radical (unpaired) electrons. The molecule has 0 spiro atoms. The third-order valence-electron chi connectivity index (χ3n) is 2.61. The van der Waals surface area contributed by atoms with Gasteiger partial charge in [0.05, 0.1) is 0 Å². The van der Waals surface area contributed by atoms with Gasteiger partial charge >= 0.3 is 18.9 Å². The number of benzene rings is 1. The van der Waals surface area contributed by atoms with Crippen molar-refractivity contribution in [3.05, 3.63) is 40.6 Å². The smallest absolute Gasteiger partial charge is 0.875 e. The molecule has 1 aliphatic carbocycles. The fraction of sp³-hybridized carbons (Fsp3) is 0.333. The van der Waals surface area contributed by atoms with E-state index in [9.17, 15) is 5.11 Å². The molecule has 0 unspecified atom stereocenters. The van der Waals surface area contributed by atoms with Gasteiger partial charge in [-0.15, -0.1) is 5.76 Å². The topological polar surface area (TPSA) is 23.1 Å². The number of allylic oxidation sites excluding steroid dienone is 2. The van der Waals surface area contributed by atoms with Gasteiger partial charge in [0.25, 0.3) is 0 Å². The Morgan fingerprint density at radius 1 is 1.00 bits per heavy atom. The molecule has 2 rings (SSSR count). The molecule has 1 nitrogen and oxygen atoms in total. The van der Waals surface area contributed by atoms with E-state index in [4.69, 9.17) is 11.6 Å². The predicted molar refractivity (Wildman–Crippen MR) is 56.8 cm³/mol. The molecule has 3 heteroatoms. The van der Waals surface area contributed by atoms with Gasteiger partial charge < -0.3 is 5.11 Å². The number of hydrogen-bond donors (Lipinski definition) is 0. The summed E-state index contributed by atoms with van der Waals surface area (Å²) in [7, 11) is 0. The quantitative estimate of drug-likeness (QED) is 0.603. The van der Waals surface area contributed by atoms with Gasteiger partial charge in [0.1, 0.15) is 0 Å². The van der Waals surface area contributed by atoms with Crippen molar-refractivity contribution in [3.8, 4) is 0 Å². The fourth-order valence-corrected chi connectivity index (χ4v) is 1.96. The molecule has 0 atom stereocenters. The van der Waals surface area contributed by atoms with Crippen molar-refractivity contribution >= 4 is 17.2 Å². The molecule has 1 aromatic rings. The van der Waals surface area contributed by atoms with Crippen LogP contribution in [0.15, 0.2) is 30.0 Å². The average Bonchev–Trinajstić information content (AvgIpc) is 2.20. The van der Waals surface area contributed by atoms with E-state index in [2.05, 4.69) is 0 Å². The molecule has 1 aliphatic rings. The number of halogens is 1. The summed E-state index contributed by atoms with van der Waals surface area (Å²) in [6.45, 7) is 0. The van der Waals surface area contributed by atoms with Crippen LogP contribution in [0.2, 0.25) is 5.02 Å². The Hall–Kier alpha value is -0.353. The molecule has 0 saturated carbocycles. The van der Waals surface area contributed by atoms with Crippen molar-refractivity contribution in [1.82, 2.24) is 0 Å². The maximum atomic E-state index is 11.6. The van der Waals surface area contributed by atoms with Crippen molar-refractivity contribution in [3.63, 3.8) is 0 Å². The van der Waals surface area contributed by atoms with E-state index in [1.165, 1.54) is 0 Å². The largest absolute Gasteiger partial charge is 1.00 e. The van der Waals surface area contributed by atoms with Gasteiger partial charge in [-0.25, -0.2) is 0 Å². The van der Waals surface area contributed by atoms with Crippen LogP contribution in [0.25, 0.3) is 5.57 Å². The Kier molecular flexibility index (Phi) is 4.79. The molecule has 15 heavy (non-hydrogen) atoms. The Balaban J connectivity index is 0.00000112. The van der Waals surface area contributed by atoms with Gasteiger partial charge in [-0.05, 0) is 37.0 Å². The van der Waals surface area contributed by atoms with E-state index in [0.29, 0.717) is 12.2 Å². The minimum Gasteiger partial charge on any atom is -0.875 e. The fourth-order valence-electron chi connectivity index (χ4n) is 1.83. The summed E-state index contributed by atoms with van der Waals surface area (Å²) in [6.07, 6.45) is 3.79. The Morgan fingerprint density at radius 2 is 1.60 bits per heavy atom. The normalized spacial score (nSPS) is 16.1. The van der Waals surface area contributed by atoms with Crippen LogP contribution < -0.4 is 24.0 Å². The summed E-state index contributed by atoms with van der Waals surface area (Å²) < 4.78 is 0. The average molecular weight is 215 g/mol. The van der Waals surface area contributed by atoms with Crippen LogP contribution in [-0.4, -0.2) is 0 Å². The summed E-state index contributed by atoms with van der Waals surface area (Å²) in [5.41, 5.74) is 2.02. The van der Waals surface area contributed by atoms with Crippen LogP contribution in [-0.2, 0) is 0 Å². The number of hydrogen-bond acceptors (Lipinski definition) is 1. The van der Waals surface area contributed by atoms with Gasteiger partial charge in [-0.2, -0.15) is 0 Å². The van der Waals surface area contributed by atoms with Crippen molar-refractivity contribution in [1.29, 1.82) is 0 Å². The van der Waals surface area contributed by atoms with Crippen molar-refractivity contribution in [2.75, 3.05) is 0 Å². The second-order valence-corrected chi connectivity index (χ2v) is 4.05. The third kappa shape index (κ3) is 3.05. The van der Waals surface area contributed by atoms with Gasteiger partial charge in [0.2, 0.25) is 0 Å². The second-order valence-electron chi connectivity index (χ2n) is 3.62. The second kappa shape index (κ2) is 5.66. The third-order valence-corrected chi connectivity index (χ3v) is 2.86. The summed E-state index contributed by atoms with van der Waals surface area (Å²) in [5, 5.41) is 12.3. The first-order valence-electron chi connectivity index (χ1n) is 4.92. The molecular weight excluding hydrogens is 203 g/mol. The van der Waals surface area contributed by atoms with Gasteiger partial charge in [0.15, 0.2) is 0 Å². The minimum absolute atomic E-state index is 0. The summed E-state index contributed by atoms with van der Waals surface area (Å²) >= 11 is 5.79. The van der Waals surface area contributed by atoms with Crippen molar-refractivity contribution < 1.29 is 24.0 Å². The van der Waals surface area contributed by atoms with Crippen molar-refractivity contribution in [2.45, 2.75) is 25.7 Å². The van der Waals surface area contributed by atoms with Gasteiger partial charge in [-0.1, -0.05) is 35.7 Å². The predicted octanol–water partition coefficient (Wildman–Crippen LogP) is -0.0106. The molecule has 0 aliphatic heterocycles. The zero-order valence-corrected chi connectivity index (χ0v) is 9.68. The van der Waals surface area contributed by atoms with Crippen LogP contribution in [0.5, 0.6) is 0 Å². The maximum absolute atomic E-state index is 11.6. The number of rotatable bonds is 1. The SMILES string of the molecule is [Li+].[O-]C1=C(c2ccc(Cl)cc2)CCCC1. The van der Waals surface area contributed by atoms with Gasteiger partial charge in [-0.3, -0.25) is 0 Å². The molecule has 0 amide bonds. The molecule has 0 N–H and O–H groups in total. The monoisotopic (exact) mass is 214 g/mol. The van der Waals surface area contributed by atoms with Crippen LogP contribution in [0, 0.1) is 0 Å². The summed E-state index contributed by atoms with van der Waals surface area (Å²) in [4.78, 5) is 0. The molecule has 74 valence electrons. The van der Waals surface area contributed by atoms with Crippen LogP contribution >= 0.6 is 11.6 Å². The Bertz CT molecular complexity index is 356. The van der Waals surface area contributed by atoms with Crippen LogP contribution in [0.3, 0.4) is 0 Å². The van der Waals surface area contributed by atoms with E-state index in [1.54, 1.807) is 0 Å². The van der Waals surface area contributed by atoms with E-state index in [-0.39, 0.29) is 18.9 Å². The molecule has 0 aromatic heterocycles. The zero-order valence-electron chi connectivity index (χ0n) is 8.92. The van der Waals surface area contributed by atoms with E-state index in [0.717, 1.165) is 35.4 Å². The van der Waals surface area contributed by atoms with E-state index < -0.39 is 0 Å². The summed E-state index contributed by atoms with van der Waals surface area (Å²) in [5.74, 6) is 0.304. The van der Waals surface area contributed by atoms with E-state index in [1.807, 2.05) is 24.3 Å². The van der Waals surface area contributed by atoms with Gasteiger partial charge in [0, 0.05) is 5.02 Å². The zero-order chi connectivity index (χ0) is 9.97.